The van der Waals surface area contributed by atoms with Crippen LogP contribution in [-0.2, 0) is 0 Å². The van der Waals surface area contributed by atoms with E-state index in [9.17, 15) is 5.11 Å². The molecule has 0 aliphatic heterocycles. The van der Waals surface area contributed by atoms with E-state index in [-0.39, 0.29) is 0 Å². The van der Waals surface area contributed by atoms with Crippen molar-refractivity contribution in [1.82, 2.24) is 0 Å². The van der Waals surface area contributed by atoms with Gasteiger partial charge in [-0.15, -0.1) is 0 Å². The van der Waals surface area contributed by atoms with Crippen molar-refractivity contribution in [2.45, 2.75) is 90.6 Å². The van der Waals surface area contributed by atoms with E-state index < -0.39 is 5.60 Å². The summed E-state index contributed by atoms with van der Waals surface area (Å²) in [5.41, 5.74) is 1.78. The minimum absolute atomic E-state index is 0.782. The zero-order chi connectivity index (χ0) is 23.8. The van der Waals surface area contributed by atoms with E-state index in [2.05, 4.69) is 30.6 Å². The highest BCUT2D eigenvalue weighted by Gasteiger charge is 2.05. The Kier molecular flexibility index (Phi) is 12.2. The van der Waals surface area contributed by atoms with Gasteiger partial charge in [0.05, 0.1) is 6.61 Å². The van der Waals surface area contributed by atoms with E-state index in [1.54, 1.807) is 13.8 Å². The second-order valence-electron chi connectivity index (χ2n) is 9.19. The van der Waals surface area contributed by atoms with Crippen molar-refractivity contribution in [3.05, 3.63) is 65.2 Å². The Bertz CT molecular complexity index is 910. The molecule has 2 aromatic rings. The Morgan fingerprint density at radius 2 is 1.06 bits per heavy atom. The summed E-state index contributed by atoms with van der Waals surface area (Å²) in [5, 5.41) is 9.69. The maximum atomic E-state index is 9.69. The third kappa shape index (κ3) is 12.8. The summed E-state index contributed by atoms with van der Waals surface area (Å²) >= 11 is 0. The van der Waals surface area contributed by atoms with E-state index in [0.717, 1.165) is 35.5 Å². The van der Waals surface area contributed by atoms with Crippen molar-refractivity contribution < 1.29 is 9.84 Å². The van der Waals surface area contributed by atoms with Crippen molar-refractivity contribution >= 4 is 0 Å². The molecule has 176 valence electrons. The molecule has 0 amide bonds. The largest absolute Gasteiger partial charge is 0.494 e. The molecule has 33 heavy (non-hydrogen) atoms. The molecule has 0 saturated heterocycles. The van der Waals surface area contributed by atoms with Gasteiger partial charge in [-0.05, 0) is 68.8 Å². The number of benzene rings is 2. The van der Waals surface area contributed by atoms with E-state index in [0.29, 0.717) is 0 Å². The topological polar surface area (TPSA) is 29.5 Å². The Morgan fingerprint density at radius 1 is 0.636 bits per heavy atom. The van der Waals surface area contributed by atoms with Crippen LogP contribution in [0.2, 0.25) is 0 Å². The molecule has 0 saturated carbocycles. The number of aliphatic hydroxyl groups is 1. The maximum absolute atomic E-state index is 9.69. The first-order valence-corrected chi connectivity index (χ1v) is 12.6. The zero-order valence-electron chi connectivity index (χ0n) is 20.8. The molecule has 0 heterocycles. The van der Waals surface area contributed by atoms with E-state index in [1.807, 2.05) is 48.5 Å². The van der Waals surface area contributed by atoms with Crippen LogP contribution in [-0.4, -0.2) is 17.3 Å². The quantitative estimate of drug-likeness (QED) is 0.271. The van der Waals surface area contributed by atoms with Crippen LogP contribution in [0.1, 0.15) is 102 Å². The summed E-state index contributed by atoms with van der Waals surface area (Å²) in [7, 11) is 0. The van der Waals surface area contributed by atoms with Crippen LogP contribution < -0.4 is 4.74 Å². The molecule has 0 aliphatic rings. The molecule has 0 spiro atoms. The first kappa shape index (κ1) is 26.6. The highest BCUT2D eigenvalue weighted by atomic mass is 16.5. The van der Waals surface area contributed by atoms with Gasteiger partial charge < -0.3 is 9.84 Å². The zero-order valence-corrected chi connectivity index (χ0v) is 20.8. The summed E-state index contributed by atoms with van der Waals surface area (Å²) in [6, 6.07) is 15.7. The molecule has 0 bridgehead atoms. The summed E-state index contributed by atoms with van der Waals surface area (Å²) in [4.78, 5) is 0. The minimum Gasteiger partial charge on any atom is -0.494 e. The molecule has 2 aromatic carbocycles. The van der Waals surface area contributed by atoms with Gasteiger partial charge in [-0.1, -0.05) is 88.4 Å². The fourth-order valence-corrected chi connectivity index (χ4v) is 3.42. The molecule has 2 rings (SSSR count). The molecule has 0 atom stereocenters. The van der Waals surface area contributed by atoms with Crippen LogP contribution in [0.25, 0.3) is 0 Å². The predicted octanol–water partition coefficient (Wildman–Crippen LogP) is 7.51. The molecule has 0 aromatic heterocycles. The van der Waals surface area contributed by atoms with Crippen molar-refractivity contribution in [2.24, 2.45) is 0 Å². The van der Waals surface area contributed by atoms with Gasteiger partial charge in [0, 0.05) is 16.7 Å². The second kappa shape index (κ2) is 15.2. The van der Waals surface area contributed by atoms with Crippen LogP contribution in [0.5, 0.6) is 5.75 Å². The SMILES string of the molecule is CCCCCCCCCCCCOc1ccc(C#Cc2ccc(C#CC(C)(C)O)cc2)cc1. The highest BCUT2D eigenvalue weighted by molar-refractivity contribution is 5.46. The molecule has 2 heteroatoms. The molecule has 2 nitrogen and oxygen atoms in total. The molecular formula is C31H40O2. The lowest BCUT2D eigenvalue weighted by molar-refractivity contribution is 0.143. The fourth-order valence-electron chi connectivity index (χ4n) is 3.42. The maximum Gasteiger partial charge on any atom is 0.120 e. The van der Waals surface area contributed by atoms with Gasteiger partial charge in [0.15, 0.2) is 0 Å². The third-order valence-electron chi connectivity index (χ3n) is 5.37. The molecule has 0 radical (unpaired) electrons. The summed E-state index contributed by atoms with van der Waals surface area (Å²) in [6.45, 7) is 6.40. The lowest BCUT2D eigenvalue weighted by atomic mass is 10.1. The first-order chi connectivity index (χ1) is 16.0. The van der Waals surface area contributed by atoms with Crippen LogP contribution in [0.15, 0.2) is 48.5 Å². The number of ether oxygens (including phenoxy) is 1. The molecule has 0 unspecified atom stereocenters. The molecule has 1 N–H and O–H groups in total. The lowest BCUT2D eigenvalue weighted by Gasteiger charge is -2.06. The smallest absolute Gasteiger partial charge is 0.120 e. The van der Waals surface area contributed by atoms with Gasteiger partial charge in [0.25, 0.3) is 0 Å². The van der Waals surface area contributed by atoms with Gasteiger partial charge in [-0.3, -0.25) is 0 Å². The van der Waals surface area contributed by atoms with Crippen LogP contribution in [0.3, 0.4) is 0 Å². The van der Waals surface area contributed by atoms with Crippen molar-refractivity contribution in [2.75, 3.05) is 6.61 Å². The lowest BCUT2D eigenvalue weighted by Crippen LogP contribution is -2.14. The molecule has 0 aliphatic carbocycles. The van der Waals surface area contributed by atoms with Crippen molar-refractivity contribution in [3.8, 4) is 29.4 Å². The van der Waals surface area contributed by atoms with Gasteiger partial charge in [-0.25, -0.2) is 0 Å². The average molecular weight is 445 g/mol. The van der Waals surface area contributed by atoms with Gasteiger partial charge >= 0.3 is 0 Å². The van der Waals surface area contributed by atoms with E-state index >= 15 is 0 Å². The Balaban J connectivity index is 1.65. The van der Waals surface area contributed by atoms with Crippen LogP contribution in [0.4, 0.5) is 0 Å². The normalized spacial score (nSPS) is 10.7. The fraction of sp³-hybridized carbons (Fsp3) is 0.484. The third-order valence-corrected chi connectivity index (χ3v) is 5.37. The summed E-state index contributed by atoms with van der Waals surface area (Å²) in [5.74, 6) is 13.1. The monoisotopic (exact) mass is 444 g/mol. The van der Waals surface area contributed by atoms with Crippen LogP contribution in [0, 0.1) is 23.7 Å². The van der Waals surface area contributed by atoms with Gasteiger partial charge in [0.2, 0.25) is 0 Å². The number of unbranched alkanes of at least 4 members (excludes halogenated alkanes) is 9. The summed E-state index contributed by atoms with van der Waals surface area (Å²) < 4.78 is 5.88. The van der Waals surface area contributed by atoms with Gasteiger partial charge in [0.1, 0.15) is 11.4 Å². The minimum atomic E-state index is -0.985. The molecule has 0 fully saturated rings. The average Bonchev–Trinajstić information content (AvgIpc) is 2.81. The predicted molar refractivity (Wildman–Crippen MR) is 139 cm³/mol. The van der Waals surface area contributed by atoms with Crippen molar-refractivity contribution in [3.63, 3.8) is 0 Å². The second-order valence-corrected chi connectivity index (χ2v) is 9.19. The van der Waals surface area contributed by atoms with Crippen LogP contribution >= 0.6 is 0 Å². The number of hydrogen-bond acceptors (Lipinski definition) is 2. The van der Waals surface area contributed by atoms with Crippen molar-refractivity contribution in [1.29, 1.82) is 0 Å². The standard InChI is InChI=1S/C31H40O2/c1-4-5-6-7-8-9-10-11-12-13-26-33-30-22-20-28(21-23-30)15-14-27-16-18-29(19-17-27)24-25-31(2,3)32/h16-23,32H,4-13,26H2,1-3H3. The Labute approximate surface area is 201 Å². The van der Waals surface area contributed by atoms with E-state index in [1.165, 1.54) is 57.8 Å². The number of hydrogen-bond donors (Lipinski definition) is 1. The highest BCUT2D eigenvalue weighted by Crippen LogP contribution is 2.14. The molecular weight excluding hydrogens is 404 g/mol. The van der Waals surface area contributed by atoms with E-state index in [4.69, 9.17) is 4.74 Å². The Morgan fingerprint density at radius 3 is 1.55 bits per heavy atom. The number of rotatable bonds is 12. The van der Waals surface area contributed by atoms with Gasteiger partial charge in [-0.2, -0.15) is 0 Å². The summed E-state index contributed by atoms with van der Waals surface area (Å²) in [6.07, 6.45) is 13.4. The first-order valence-electron chi connectivity index (χ1n) is 12.6. The Hall–Kier alpha value is -2.68.